The van der Waals surface area contributed by atoms with Gasteiger partial charge in [0.2, 0.25) is 0 Å². The molecule has 8 atom stereocenters. The first-order valence-corrected chi connectivity index (χ1v) is 42.7. The van der Waals surface area contributed by atoms with Gasteiger partial charge in [0.15, 0.2) is 48.0 Å². The first-order valence-electron chi connectivity index (χ1n) is 36.6. The number of aromatic nitrogens is 2. The van der Waals surface area contributed by atoms with Crippen molar-refractivity contribution < 1.29 is 107 Å². The summed E-state index contributed by atoms with van der Waals surface area (Å²) >= 11 is 14.8. The number of unbranched alkanes of at least 4 members (excludes halogenated alkanes) is 16. The van der Waals surface area contributed by atoms with Crippen LogP contribution in [0, 0.1) is 11.8 Å². The Morgan fingerprint density at radius 1 is 0.622 bits per heavy atom. The highest BCUT2D eigenvalue weighted by molar-refractivity contribution is 8.03. The second kappa shape index (κ2) is 47.8. The lowest BCUT2D eigenvalue weighted by atomic mass is 9.90. The number of nitrogens with one attached hydrogen (secondary N) is 2. The number of thiol groups is 2. The number of aliphatic carboxylic acids is 3. The number of fused-ring (bicyclic) bond motifs is 4. The minimum Gasteiger partial charge on any atom is -0.741 e. The van der Waals surface area contributed by atoms with E-state index in [4.69, 9.17) is 44.0 Å². The molecule has 0 aliphatic carbocycles. The van der Waals surface area contributed by atoms with Crippen molar-refractivity contribution in [1.82, 2.24) is 20.4 Å². The molecule has 8 heterocycles. The van der Waals surface area contributed by atoms with Crippen LogP contribution in [0.15, 0.2) is 116 Å². The zero-order chi connectivity index (χ0) is 82.0. The van der Waals surface area contributed by atoms with Crippen LogP contribution in [0.25, 0.3) is 20.2 Å². The molecule has 25 nitrogen and oxygen atoms in total. The highest BCUT2D eigenvalue weighted by atomic mass is 32.2. The molecule has 8 unspecified atom stereocenters. The molecule has 4 amide bonds. The summed E-state index contributed by atoms with van der Waals surface area (Å²) in [5.74, 6) is -6.97. The topological polar surface area (TPSA) is 374 Å². The van der Waals surface area contributed by atoms with Gasteiger partial charge < -0.3 is 56.4 Å². The molecule has 4 aromatic heterocycles. The molecule has 4 aliphatic heterocycles. The van der Waals surface area contributed by atoms with Crippen molar-refractivity contribution in [3.8, 4) is 0 Å². The standard InChI is InChI=1S/2C35H49N5O5S3.C2HF3O2.CHF3O3S/c2*1-3-4-5-6-7-8-9-10-11-12-13-14-15-25(20-29(36)46)30(38-45-2)33(41)37-31-26-23-48-28(32(35(43)44)40(26)34(31)42)22-39-18-16-24-17-19-47-27(24)21-39;3-2(4,5)1(6)7;2-1(3,4)8(5,6)7/h2*10-11,16-19,21,25-26,29,31H,3-9,12-15,20,22-23,36H2,1-2H3,(H2-,37,41,43,44,46);(H,6,7);(H,5,6,7)/b2*11-10-,38-30?;;. The fourth-order valence-corrected chi connectivity index (χ4v) is 17.3. The lowest BCUT2D eigenvalue weighted by molar-refractivity contribution is -0.686. The predicted molar refractivity (Wildman–Crippen MR) is 420 cm³/mol. The maximum atomic E-state index is 13.6. The zero-order valence-corrected chi connectivity index (χ0v) is 68.1. The number of halogens is 6. The fraction of sp³-hybridized carbons (Fsp3) is 0.575. The molecule has 8 rings (SSSR count). The Morgan fingerprint density at radius 3 is 1.26 bits per heavy atom. The van der Waals surface area contributed by atoms with Crippen molar-refractivity contribution in [2.45, 2.75) is 228 Å². The number of β-lactam (4-membered cyclic amide) rings is 2. The fourth-order valence-electron chi connectivity index (χ4n) is 12.6. The van der Waals surface area contributed by atoms with E-state index in [-0.39, 0.29) is 34.7 Å². The van der Waals surface area contributed by atoms with E-state index in [9.17, 15) is 65.3 Å². The van der Waals surface area contributed by atoms with Gasteiger partial charge in [-0.25, -0.2) is 18.0 Å². The van der Waals surface area contributed by atoms with Gasteiger partial charge >= 0.3 is 23.6 Å². The molecule has 2 fully saturated rings. The number of amides is 4. The summed E-state index contributed by atoms with van der Waals surface area (Å²) in [6.07, 6.45) is 37.1. The maximum absolute atomic E-state index is 13.6. The third-order valence-corrected chi connectivity index (χ3v) is 23.2. The van der Waals surface area contributed by atoms with Gasteiger partial charge in [0.1, 0.15) is 55.1 Å². The molecule has 0 bridgehead atoms. The Hall–Kier alpha value is -6.78. The van der Waals surface area contributed by atoms with Crippen LogP contribution in [0.3, 0.4) is 0 Å². The largest absolute Gasteiger partial charge is 0.741 e. The number of hydrogen-bond donors (Lipinski definition) is 8. The van der Waals surface area contributed by atoms with Gasteiger partial charge in [0.25, 0.3) is 23.6 Å². The van der Waals surface area contributed by atoms with Gasteiger partial charge in [0, 0.05) is 57.0 Å². The minimum atomic E-state index is -6.09. The van der Waals surface area contributed by atoms with E-state index >= 15 is 0 Å². The Bertz CT molecular complexity index is 3820. The summed E-state index contributed by atoms with van der Waals surface area (Å²) in [7, 11) is -3.33. The second-order valence-corrected chi connectivity index (χ2v) is 33.4. The number of allylic oxidation sites excluding steroid dienone is 6. The van der Waals surface area contributed by atoms with Crippen LogP contribution >= 0.6 is 71.5 Å². The molecule has 4 aromatic rings. The third kappa shape index (κ3) is 30.5. The Labute approximate surface area is 670 Å². The van der Waals surface area contributed by atoms with E-state index in [2.05, 4.69) is 84.4 Å². The molecule has 616 valence electrons. The van der Waals surface area contributed by atoms with Crippen LogP contribution in [0.2, 0.25) is 0 Å². The Kier molecular flexibility index (Phi) is 40.8. The molecule has 38 heteroatoms. The number of hydrogen-bond acceptors (Lipinski definition) is 23. The molecular weight excluding hydrogens is 1600 g/mol. The Balaban J connectivity index is 0.000000334. The molecule has 0 spiro atoms. The van der Waals surface area contributed by atoms with Crippen molar-refractivity contribution in [2.24, 2.45) is 33.6 Å². The molecular formula is C73H100F6N10O15S7. The van der Waals surface area contributed by atoms with Crippen LogP contribution in [-0.2, 0) is 66.4 Å². The number of carboxylic acid groups (broad SMARTS) is 3. The van der Waals surface area contributed by atoms with Crippen LogP contribution in [-0.4, -0.2) is 158 Å². The SMILES string of the molecule is CCCCCCCC/C=C\CCCCC(CC(N)S)C(=NOC)C(=O)NC1C(=O)N2C(C(=O)O)=C(C[n+]3ccc4ccsc4c3)SCC12.CCCCCCCC/C=C\CCCCC(CC(N)S)C(=NOC)C(=O)NC1C(=O)N2C(C(=O)O)=C(C[n+]3ccc4ccsc4c3)SCC12.O=C([O-])C(F)(F)F.O=S(=O)([O-])C(F)(F)F. The number of thiophene rings is 2. The summed E-state index contributed by atoms with van der Waals surface area (Å²) in [5.41, 5.74) is 6.73. The highest BCUT2D eigenvalue weighted by Gasteiger charge is 2.56. The average Bonchev–Trinajstić information content (AvgIpc) is 1.09. The molecule has 8 N–H and O–H groups in total. The van der Waals surface area contributed by atoms with Gasteiger partial charge in [-0.15, -0.1) is 46.2 Å². The van der Waals surface area contributed by atoms with Gasteiger partial charge in [0.05, 0.1) is 31.3 Å². The first-order chi connectivity index (χ1) is 52.7. The van der Waals surface area contributed by atoms with Crippen molar-refractivity contribution in [2.75, 3.05) is 25.7 Å². The summed E-state index contributed by atoms with van der Waals surface area (Å²) in [4.78, 5) is 102. The van der Waals surface area contributed by atoms with Crippen molar-refractivity contribution in [3.05, 3.63) is 105 Å². The number of nitrogens with two attached hydrogens (primary N) is 2. The van der Waals surface area contributed by atoms with Crippen LogP contribution in [0.4, 0.5) is 26.3 Å². The summed E-state index contributed by atoms with van der Waals surface area (Å²) in [6, 6.07) is 5.37. The second-order valence-electron chi connectivity index (χ2n) is 26.6. The van der Waals surface area contributed by atoms with Gasteiger partial charge in [-0.05, 0) is 99.9 Å². The molecule has 4 aliphatic rings. The normalized spacial score (nSPS) is 18.5. The summed E-state index contributed by atoms with van der Waals surface area (Å²) < 4.78 is 96.5. The predicted octanol–water partition coefficient (Wildman–Crippen LogP) is 11.4. The lowest BCUT2D eigenvalue weighted by Crippen LogP contribution is -2.73. The quantitative estimate of drug-likeness (QED) is 0.00175. The van der Waals surface area contributed by atoms with Crippen molar-refractivity contribution in [3.63, 3.8) is 0 Å². The number of carbonyl (C=O) groups excluding carboxylic acids is 5. The number of rotatable bonds is 42. The number of thioether (sulfide) groups is 2. The van der Waals surface area contributed by atoms with Gasteiger partial charge in [-0.3, -0.25) is 29.0 Å². The molecule has 111 heavy (non-hydrogen) atoms. The molecule has 0 aromatic carbocycles. The average molecular weight is 1700 g/mol. The van der Waals surface area contributed by atoms with E-state index in [1.165, 1.54) is 125 Å². The van der Waals surface area contributed by atoms with Crippen molar-refractivity contribution >= 4 is 155 Å². The number of pyridine rings is 2. The third-order valence-electron chi connectivity index (χ3n) is 18.2. The smallest absolute Gasteiger partial charge is 0.485 e. The lowest BCUT2D eigenvalue weighted by Gasteiger charge is -2.49. The number of nitrogens with zero attached hydrogens (tertiary/aromatic N) is 6. The molecule has 0 radical (unpaired) electrons. The van der Waals surface area contributed by atoms with E-state index < -0.39 is 98.3 Å². The van der Waals surface area contributed by atoms with Crippen molar-refractivity contribution in [1.29, 1.82) is 0 Å². The number of carbonyl (C=O) groups is 7. The maximum Gasteiger partial charge on any atom is 0.485 e. The summed E-state index contributed by atoms with van der Waals surface area (Å²) in [6.45, 7) is 5.13. The number of oxime groups is 2. The molecule has 0 saturated carbocycles. The van der Waals surface area contributed by atoms with Gasteiger partial charge in [-0.1, -0.05) is 126 Å². The van der Waals surface area contributed by atoms with E-state index in [1.54, 1.807) is 22.7 Å². The molecule has 2 saturated heterocycles. The van der Waals surface area contributed by atoms with Crippen LogP contribution in [0.1, 0.15) is 168 Å². The van der Waals surface area contributed by atoms with E-state index in [1.807, 2.05) is 68.9 Å². The number of carboxylic acids is 3. The Morgan fingerprint density at radius 2 is 0.955 bits per heavy atom. The van der Waals surface area contributed by atoms with Crippen LogP contribution < -0.4 is 36.3 Å². The zero-order valence-electron chi connectivity index (χ0n) is 62.2. The monoisotopic (exact) mass is 1690 g/mol. The van der Waals surface area contributed by atoms with E-state index in [0.717, 1.165) is 71.5 Å². The minimum absolute atomic E-state index is 0.0312. The highest BCUT2D eigenvalue weighted by Crippen LogP contribution is 2.41. The van der Waals surface area contributed by atoms with Crippen LogP contribution in [0.5, 0.6) is 0 Å². The van der Waals surface area contributed by atoms with E-state index in [0.29, 0.717) is 60.1 Å². The summed E-state index contributed by atoms with van der Waals surface area (Å²) in [5, 5.41) is 48.3. The number of alkyl halides is 6. The first kappa shape index (κ1) is 94.8. The van der Waals surface area contributed by atoms with Gasteiger partial charge in [-0.2, -0.15) is 60.7 Å².